The molecule has 1 N–H and O–H groups in total. The average molecular weight is 344 g/mol. The van der Waals surface area contributed by atoms with Gasteiger partial charge in [-0.3, -0.25) is 24.1 Å². The van der Waals surface area contributed by atoms with Crippen molar-refractivity contribution in [3.63, 3.8) is 0 Å². The number of carbonyl (C=O) groups is 4. The number of amides is 3. The van der Waals surface area contributed by atoms with E-state index in [1.165, 1.54) is 4.90 Å². The maximum atomic E-state index is 12.4. The van der Waals surface area contributed by atoms with Crippen molar-refractivity contribution in [2.45, 2.75) is 26.2 Å². The number of carboxylic acids is 1. The lowest BCUT2D eigenvalue weighted by atomic mass is 9.82. The maximum Gasteiger partial charge on any atom is 0.311 e. The average Bonchev–Trinajstić information content (AvgIpc) is 2.84. The van der Waals surface area contributed by atoms with Gasteiger partial charge in [0.1, 0.15) is 0 Å². The number of piperidine rings is 1. The van der Waals surface area contributed by atoms with Crippen molar-refractivity contribution < 1.29 is 24.3 Å². The number of carbonyl (C=O) groups excluding carboxylic acids is 3. The van der Waals surface area contributed by atoms with E-state index in [9.17, 15) is 24.3 Å². The van der Waals surface area contributed by atoms with Crippen LogP contribution in [-0.2, 0) is 9.59 Å². The Labute approximate surface area is 145 Å². The Hall–Kier alpha value is -2.70. The van der Waals surface area contributed by atoms with Gasteiger partial charge in [-0.2, -0.15) is 0 Å². The highest BCUT2D eigenvalue weighted by molar-refractivity contribution is 6.21. The SMILES string of the molecule is CC1(C(=O)O)CCCN(C(=O)CCN2C(=O)c3ccccc3C2=O)C1. The lowest BCUT2D eigenvalue weighted by Gasteiger charge is -2.37. The molecular formula is C18H20N2O5. The Balaban J connectivity index is 1.63. The summed E-state index contributed by atoms with van der Waals surface area (Å²) in [6.45, 7) is 2.30. The minimum absolute atomic E-state index is 0.00116. The Bertz CT molecular complexity index is 725. The van der Waals surface area contributed by atoms with Crippen molar-refractivity contribution in [3.8, 4) is 0 Å². The van der Waals surface area contributed by atoms with E-state index < -0.39 is 11.4 Å². The zero-order valence-electron chi connectivity index (χ0n) is 14.0. The van der Waals surface area contributed by atoms with Gasteiger partial charge in [0.25, 0.3) is 11.8 Å². The van der Waals surface area contributed by atoms with E-state index in [0.29, 0.717) is 30.5 Å². The number of carboxylic acid groups (broad SMARTS) is 1. The molecule has 1 atom stereocenters. The highest BCUT2D eigenvalue weighted by atomic mass is 16.4. The van der Waals surface area contributed by atoms with Crippen LogP contribution in [0.5, 0.6) is 0 Å². The lowest BCUT2D eigenvalue weighted by molar-refractivity contribution is -0.153. The standard InChI is InChI=1S/C18H20N2O5/c1-18(17(24)25)8-4-9-19(11-18)14(21)7-10-20-15(22)12-5-2-3-6-13(12)16(20)23/h2-3,5-6H,4,7-11H2,1H3,(H,24,25). The number of likely N-dealkylation sites (tertiary alicyclic amines) is 1. The largest absolute Gasteiger partial charge is 0.481 e. The van der Waals surface area contributed by atoms with Gasteiger partial charge in [0.05, 0.1) is 16.5 Å². The van der Waals surface area contributed by atoms with Crippen LogP contribution < -0.4 is 0 Å². The van der Waals surface area contributed by atoms with Crippen LogP contribution in [0.15, 0.2) is 24.3 Å². The van der Waals surface area contributed by atoms with Crippen LogP contribution in [0.1, 0.15) is 46.9 Å². The summed E-state index contributed by atoms with van der Waals surface area (Å²) in [5, 5.41) is 9.33. The summed E-state index contributed by atoms with van der Waals surface area (Å²) in [7, 11) is 0. The monoisotopic (exact) mass is 344 g/mol. The second-order valence-electron chi connectivity index (χ2n) is 6.84. The smallest absolute Gasteiger partial charge is 0.311 e. The third-order valence-corrected chi connectivity index (χ3v) is 4.99. The van der Waals surface area contributed by atoms with Gasteiger partial charge >= 0.3 is 5.97 Å². The van der Waals surface area contributed by atoms with Gasteiger partial charge in [-0.1, -0.05) is 12.1 Å². The van der Waals surface area contributed by atoms with Gasteiger partial charge in [0.2, 0.25) is 5.91 Å². The van der Waals surface area contributed by atoms with Crippen LogP contribution >= 0.6 is 0 Å². The molecule has 2 aliphatic rings. The van der Waals surface area contributed by atoms with Crippen molar-refractivity contribution in [1.82, 2.24) is 9.80 Å². The summed E-state index contributed by atoms with van der Waals surface area (Å²) < 4.78 is 0. The summed E-state index contributed by atoms with van der Waals surface area (Å²) in [5.41, 5.74) is -0.226. The third-order valence-electron chi connectivity index (χ3n) is 4.99. The van der Waals surface area contributed by atoms with Crippen LogP contribution in [0, 0.1) is 5.41 Å². The van der Waals surface area contributed by atoms with Gasteiger partial charge in [-0.15, -0.1) is 0 Å². The first-order valence-electron chi connectivity index (χ1n) is 8.30. The van der Waals surface area contributed by atoms with Gasteiger partial charge in [-0.25, -0.2) is 0 Å². The molecule has 7 heteroatoms. The Morgan fingerprint density at radius 3 is 2.32 bits per heavy atom. The highest BCUT2D eigenvalue weighted by Crippen LogP contribution is 2.30. The summed E-state index contributed by atoms with van der Waals surface area (Å²) in [5.74, 6) is -1.92. The summed E-state index contributed by atoms with van der Waals surface area (Å²) in [4.78, 5) is 51.0. The van der Waals surface area contributed by atoms with Gasteiger partial charge in [0, 0.05) is 26.1 Å². The van der Waals surface area contributed by atoms with E-state index in [0.717, 1.165) is 4.90 Å². The predicted octanol–water partition coefficient (Wildman–Crippen LogP) is 1.39. The Morgan fingerprint density at radius 1 is 1.16 bits per heavy atom. The number of fused-ring (bicyclic) bond motifs is 1. The molecule has 0 aliphatic carbocycles. The van der Waals surface area contributed by atoms with Gasteiger partial charge < -0.3 is 10.0 Å². The molecule has 1 aromatic carbocycles. The predicted molar refractivity (Wildman–Crippen MR) is 88.0 cm³/mol. The van der Waals surface area contributed by atoms with Crippen molar-refractivity contribution in [2.24, 2.45) is 5.41 Å². The van der Waals surface area contributed by atoms with Crippen molar-refractivity contribution in [1.29, 1.82) is 0 Å². The molecule has 2 aliphatic heterocycles. The molecule has 0 spiro atoms. The van der Waals surface area contributed by atoms with Gasteiger partial charge in [0.15, 0.2) is 0 Å². The molecule has 3 rings (SSSR count). The number of aliphatic carboxylic acids is 1. The molecule has 1 unspecified atom stereocenters. The second-order valence-corrected chi connectivity index (χ2v) is 6.84. The first kappa shape index (κ1) is 17.1. The van der Waals surface area contributed by atoms with Crippen molar-refractivity contribution in [3.05, 3.63) is 35.4 Å². The van der Waals surface area contributed by atoms with E-state index in [2.05, 4.69) is 0 Å². The van der Waals surface area contributed by atoms with Crippen LogP contribution in [-0.4, -0.2) is 58.2 Å². The van der Waals surface area contributed by atoms with Crippen molar-refractivity contribution in [2.75, 3.05) is 19.6 Å². The Kier molecular flexibility index (Phi) is 4.32. The fourth-order valence-electron chi connectivity index (χ4n) is 3.43. The van der Waals surface area contributed by atoms with E-state index in [1.54, 1.807) is 31.2 Å². The zero-order chi connectivity index (χ0) is 18.2. The maximum absolute atomic E-state index is 12.4. The second kappa shape index (κ2) is 6.31. The summed E-state index contributed by atoms with van der Waals surface area (Å²) in [6.07, 6.45) is 1.16. The molecule has 7 nitrogen and oxygen atoms in total. The van der Waals surface area contributed by atoms with E-state index in [-0.39, 0.29) is 37.2 Å². The molecule has 0 aromatic heterocycles. The molecule has 3 amide bonds. The third kappa shape index (κ3) is 3.01. The summed E-state index contributed by atoms with van der Waals surface area (Å²) in [6, 6.07) is 6.58. The highest BCUT2D eigenvalue weighted by Gasteiger charge is 2.40. The molecule has 132 valence electrons. The number of hydrogen-bond donors (Lipinski definition) is 1. The lowest BCUT2D eigenvalue weighted by Crippen LogP contribution is -2.49. The molecule has 0 radical (unpaired) electrons. The van der Waals surface area contributed by atoms with Gasteiger partial charge in [-0.05, 0) is 31.9 Å². The number of rotatable bonds is 4. The van der Waals surface area contributed by atoms with E-state index in [4.69, 9.17) is 0 Å². The number of nitrogens with zero attached hydrogens (tertiary/aromatic N) is 2. The van der Waals surface area contributed by atoms with Crippen molar-refractivity contribution >= 4 is 23.7 Å². The molecule has 2 heterocycles. The minimum atomic E-state index is -0.941. The fourth-order valence-corrected chi connectivity index (χ4v) is 3.43. The van der Waals surface area contributed by atoms with E-state index in [1.807, 2.05) is 0 Å². The molecule has 1 aromatic rings. The molecule has 0 bridgehead atoms. The van der Waals surface area contributed by atoms with Crippen LogP contribution in [0.3, 0.4) is 0 Å². The zero-order valence-corrected chi connectivity index (χ0v) is 14.0. The van der Waals surface area contributed by atoms with Crippen LogP contribution in [0.25, 0.3) is 0 Å². The minimum Gasteiger partial charge on any atom is -0.481 e. The van der Waals surface area contributed by atoms with E-state index >= 15 is 0 Å². The fraction of sp³-hybridized carbons (Fsp3) is 0.444. The molecule has 1 fully saturated rings. The number of benzene rings is 1. The first-order valence-corrected chi connectivity index (χ1v) is 8.30. The Morgan fingerprint density at radius 2 is 1.76 bits per heavy atom. The first-order chi connectivity index (χ1) is 11.8. The quantitative estimate of drug-likeness (QED) is 0.833. The topological polar surface area (TPSA) is 95.0 Å². The van der Waals surface area contributed by atoms with Crippen LogP contribution in [0.2, 0.25) is 0 Å². The van der Waals surface area contributed by atoms with Crippen LogP contribution in [0.4, 0.5) is 0 Å². The molecule has 1 saturated heterocycles. The number of imide groups is 1. The normalized spacial score (nSPS) is 22.9. The molecule has 0 saturated carbocycles. The molecule has 25 heavy (non-hydrogen) atoms. The molecular weight excluding hydrogens is 324 g/mol. The summed E-state index contributed by atoms with van der Waals surface area (Å²) >= 11 is 0. The number of hydrogen-bond acceptors (Lipinski definition) is 4.